The number of carbonyl (C=O) groups excluding carboxylic acids is 1. The lowest BCUT2D eigenvalue weighted by Crippen LogP contribution is -2.40. The van der Waals surface area contributed by atoms with E-state index in [4.69, 9.17) is 0 Å². The van der Waals surface area contributed by atoms with Crippen LogP contribution in [0.3, 0.4) is 0 Å². The number of hydrogen-bond acceptors (Lipinski definition) is 2. The average molecular weight is 393 g/mol. The van der Waals surface area contributed by atoms with E-state index in [2.05, 4.69) is 5.10 Å². The molecule has 0 aliphatic carbocycles. The van der Waals surface area contributed by atoms with Crippen LogP contribution >= 0.6 is 0 Å². The summed E-state index contributed by atoms with van der Waals surface area (Å²) in [5.41, 5.74) is 1.88. The smallest absolute Gasteiger partial charge is 0.271 e. The average Bonchev–Trinajstić information content (AvgIpc) is 3.15. The van der Waals surface area contributed by atoms with Crippen molar-refractivity contribution >= 4 is 5.91 Å². The Kier molecular flexibility index (Phi) is 5.60. The first-order valence-electron chi connectivity index (χ1n) is 10.0. The largest absolute Gasteiger partial charge is 0.337 e. The third-order valence-corrected chi connectivity index (χ3v) is 5.53. The van der Waals surface area contributed by atoms with Crippen LogP contribution in [0.4, 0.5) is 4.39 Å². The molecule has 1 saturated heterocycles. The summed E-state index contributed by atoms with van der Waals surface area (Å²) in [6.07, 6.45) is 3.85. The summed E-state index contributed by atoms with van der Waals surface area (Å²) in [6, 6.07) is 17.2. The van der Waals surface area contributed by atoms with Gasteiger partial charge in [-0.3, -0.25) is 14.7 Å². The van der Waals surface area contributed by atoms with Gasteiger partial charge >= 0.3 is 0 Å². The molecule has 1 atom stereocenters. The van der Waals surface area contributed by atoms with Gasteiger partial charge in [0, 0.05) is 19.2 Å². The Labute approximate surface area is 168 Å². The van der Waals surface area contributed by atoms with Crippen LogP contribution in [0.1, 0.15) is 35.3 Å². The number of nitrogens with zero attached hydrogens (tertiary/aromatic N) is 2. The van der Waals surface area contributed by atoms with Gasteiger partial charge < -0.3 is 4.90 Å². The molecule has 0 radical (unpaired) electrons. The summed E-state index contributed by atoms with van der Waals surface area (Å²) in [5, 5.41) is 2.95. The predicted octanol–water partition coefficient (Wildman–Crippen LogP) is 3.79. The van der Waals surface area contributed by atoms with Crippen LogP contribution < -0.4 is 5.56 Å². The van der Waals surface area contributed by atoms with E-state index in [0.717, 1.165) is 31.2 Å². The van der Waals surface area contributed by atoms with E-state index in [1.807, 2.05) is 47.4 Å². The molecule has 0 bridgehead atoms. The summed E-state index contributed by atoms with van der Waals surface area (Å²) >= 11 is 0. The highest BCUT2D eigenvalue weighted by Gasteiger charge is 2.26. The van der Waals surface area contributed by atoms with Gasteiger partial charge in [0.1, 0.15) is 11.5 Å². The van der Waals surface area contributed by atoms with Crippen molar-refractivity contribution in [3.05, 3.63) is 88.1 Å². The molecule has 150 valence electrons. The summed E-state index contributed by atoms with van der Waals surface area (Å²) in [5.74, 6) is 0.0450. The Bertz CT molecular complexity index is 1020. The number of H-pyrrole nitrogens is 1. The number of nitrogens with one attached hydrogen (secondary N) is 1. The minimum absolute atomic E-state index is 0.136. The second-order valence-electron chi connectivity index (χ2n) is 7.60. The van der Waals surface area contributed by atoms with Crippen LogP contribution in [0, 0.1) is 11.7 Å². The maximum Gasteiger partial charge on any atom is 0.271 e. The lowest BCUT2D eigenvalue weighted by molar-refractivity contribution is 0.0662. The number of para-hydroxylation sites is 1. The van der Waals surface area contributed by atoms with E-state index < -0.39 is 0 Å². The Morgan fingerprint density at radius 2 is 1.86 bits per heavy atom. The second-order valence-corrected chi connectivity index (χ2v) is 7.60. The van der Waals surface area contributed by atoms with Crippen LogP contribution in [0.15, 0.2) is 65.5 Å². The lowest BCUT2D eigenvalue weighted by atomic mass is 9.91. The standard InChI is InChI=1S/C23H24FN3O2/c24-19-12-10-17(11-13-19)8-9-18-5-4-14-26(16-18)23(29)21-15-22(28)27(25-21)20-6-2-1-3-7-20/h1-3,6-7,10-13,15,18,25H,4-5,8-9,14,16H2. The highest BCUT2D eigenvalue weighted by Crippen LogP contribution is 2.23. The lowest BCUT2D eigenvalue weighted by Gasteiger charge is -2.32. The molecule has 4 rings (SSSR count). The van der Waals surface area contributed by atoms with Crippen molar-refractivity contribution in [2.45, 2.75) is 25.7 Å². The molecular weight excluding hydrogens is 369 g/mol. The van der Waals surface area contributed by atoms with Gasteiger partial charge in [-0.1, -0.05) is 30.3 Å². The maximum absolute atomic E-state index is 13.1. The van der Waals surface area contributed by atoms with Crippen LogP contribution in [0.2, 0.25) is 0 Å². The predicted molar refractivity (Wildman–Crippen MR) is 110 cm³/mol. The van der Waals surface area contributed by atoms with E-state index in [1.54, 1.807) is 0 Å². The normalized spacial score (nSPS) is 16.7. The number of aromatic nitrogens is 2. The minimum Gasteiger partial charge on any atom is -0.337 e. The number of aryl methyl sites for hydroxylation is 1. The highest BCUT2D eigenvalue weighted by atomic mass is 19.1. The van der Waals surface area contributed by atoms with Crippen molar-refractivity contribution in [3.8, 4) is 5.69 Å². The van der Waals surface area contributed by atoms with Crippen LogP contribution in [0.5, 0.6) is 0 Å². The molecule has 5 nitrogen and oxygen atoms in total. The molecule has 1 aliphatic heterocycles. The summed E-state index contributed by atoms with van der Waals surface area (Å²) in [4.78, 5) is 27.1. The van der Waals surface area contributed by atoms with Crippen LogP contribution in [-0.2, 0) is 6.42 Å². The van der Waals surface area contributed by atoms with Crippen LogP contribution in [-0.4, -0.2) is 33.7 Å². The van der Waals surface area contributed by atoms with E-state index in [-0.39, 0.29) is 17.3 Å². The quantitative estimate of drug-likeness (QED) is 0.717. The number of amides is 1. The van der Waals surface area contributed by atoms with Gasteiger partial charge in [0.2, 0.25) is 0 Å². The Hall–Kier alpha value is -3.15. The fraction of sp³-hybridized carbons (Fsp3) is 0.304. The third-order valence-electron chi connectivity index (χ3n) is 5.53. The van der Waals surface area contributed by atoms with E-state index in [9.17, 15) is 14.0 Å². The molecular formula is C23H24FN3O2. The SMILES string of the molecule is O=C(c1cc(=O)n(-c2ccccc2)[nH]1)N1CCCC(CCc2ccc(F)cc2)C1. The highest BCUT2D eigenvalue weighted by molar-refractivity contribution is 5.92. The molecule has 2 aromatic carbocycles. The number of likely N-dealkylation sites (tertiary alicyclic amines) is 1. The third kappa shape index (κ3) is 4.47. The molecule has 1 amide bonds. The van der Waals surface area contributed by atoms with Crippen molar-refractivity contribution in [1.29, 1.82) is 0 Å². The fourth-order valence-electron chi connectivity index (χ4n) is 3.95. The number of benzene rings is 2. The topological polar surface area (TPSA) is 58.1 Å². The number of rotatable bonds is 5. The van der Waals surface area contributed by atoms with E-state index in [0.29, 0.717) is 30.4 Å². The Balaban J connectivity index is 1.41. The molecule has 1 fully saturated rings. The fourth-order valence-corrected chi connectivity index (χ4v) is 3.95. The number of carbonyl (C=O) groups is 1. The van der Waals surface area contributed by atoms with Gasteiger partial charge in [-0.25, -0.2) is 9.07 Å². The molecule has 1 aromatic heterocycles. The number of halogens is 1. The number of piperidine rings is 1. The Morgan fingerprint density at radius 1 is 1.10 bits per heavy atom. The van der Waals surface area contributed by atoms with Gasteiger partial charge in [-0.2, -0.15) is 0 Å². The van der Waals surface area contributed by atoms with Crippen molar-refractivity contribution in [3.63, 3.8) is 0 Å². The van der Waals surface area contributed by atoms with Crippen molar-refractivity contribution < 1.29 is 9.18 Å². The zero-order valence-corrected chi connectivity index (χ0v) is 16.2. The molecule has 1 aliphatic rings. The summed E-state index contributed by atoms with van der Waals surface area (Å²) in [7, 11) is 0. The summed E-state index contributed by atoms with van der Waals surface area (Å²) < 4.78 is 14.4. The first-order chi connectivity index (χ1) is 14.1. The molecule has 1 unspecified atom stereocenters. The van der Waals surface area contributed by atoms with Crippen molar-refractivity contribution in [2.75, 3.05) is 13.1 Å². The second kappa shape index (κ2) is 8.47. The zero-order valence-electron chi connectivity index (χ0n) is 16.2. The zero-order chi connectivity index (χ0) is 20.2. The van der Waals surface area contributed by atoms with Gasteiger partial charge in [-0.15, -0.1) is 0 Å². The number of aromatic amines is 1. The molecule has 0 spiro atoms. The van der Waals surface area contributed by atoms with Gasteiger partial charge in [0.15, 0.2) is 0 Å². The maximum atomic E-state index is 13.1. The molecule has 3 aromatic rings. The van der Waals surface area contributed by atoms with Crippen molar-refractivity contribution in [1.82, 2.24) is 14.7 Å². The van der Waals surface area contributed by atoms with Gasteiger partial charge in [0.05, 0.1) is 5.69 Å². The van der Waals surface area contributed by atoms with Gasteiger partial charge in [-0.05, 0) is 61.4 Å². The molecule has 29 heavy (non-hydrogen) atoms. The first kappa shape index (κ1) is 19.2. The summed E-state index contributed by atoms with van der Waals surface area (Å²) in [6.45, 7) is 1.38. The molecule has 2 heterocycles. The number of hydrogen-bond donors (Lipinski definition) is 1. The van der Waals surface area contributed by atoms with E-state index >= 15 is 0 Å². The van der Waals surface area contributed by atoms with E-state index in [1.165, 1.54) is 22.9 Å². The van der Waals surface area contributed by atoms with Crippen molar-refractivity contribution in [2.24, 2.45) is 5.92 Å². The molecule has 6 heteroatoms. The minimum atomic E-state index is -0.246. The van der Waals surface area contributed by atoms with Crippen LogP contribution in [0.25, 0.3) is 5.69 Å². The molecule has 1 N–H and O–H groups in total. The van der Waals surface area contributed by atoms with Gasteiger partial charge in [0.25, 0.3) is 11.5 Å². The molecule has 0 saturated carbocycles. The monoisotopic (exact) mass is 393 g/mol. The first-order valence-corrected chi connectivity index (χ1v) is 10.0. The Morgan fingerprint density at radius 3 is 2.62 bits per heavy atom.